The number of phenols is 1. The number of carbonyl (C=O) groups excluding carboxylic acids is 2. The molecule has 2 amide bonds. The second-order valence-corrected chi connectivity index (χ2v) is 7.80. The highest BCUT2D eigenvalue weighted by molar-refractivity contribution is 6.30. The first kappa shape index (κ1) is 27.2. The van der Waals surface area contributed by atoms with Gasteiger partial charge in [-0.1, -0.05) is 11.6 Å². The number of hydrogen-bond donors (Lipinski definition) is 6. The second kappa shape index (κ2) is 11.0. The van der Waals surface area contributed by atoms with Crippen molar-refractivity contribution >= 4 is 41.0 Å². The van der Waals surface area contributed by atoms with Gasteiger partial charge in [0.05, 0.1) is 30.3 Å². The summed E-state index contributed by atoms with van der Waals surface area (Å²) < 4.78 is 39.5. The summed E-state index contributed by atoms with van der Waals surface area (Å²) >= 11 is 5.97. The number of nitrogens with one attached hydrogen (secondary N) is 2. The van der Waals surface area contributed by atoms with Gasteiger partial charge in [0, 0.05) is 16.1 Å². The normalized spacial score (nSPS) is 11.9. The van der Waals surface area contributed by atoms with Gasteiger partial charge in [-0.3, -0.25) is 14.4 Å². The number of benzene rings is 2. The van der Waals surface area contributed by atoms with Crippen LogP contribution in [0.5, 0.6) is 5.75 Å². The van der Waals surface area contributed by atoms with Gasteiger partial charge in [-0.25, -0.2) is 4.99 Å². The summed E-state index contributed by atoms with van der Waals surface area (Å²) in [4.78, 5) is 39.6. The third-order valence-corrected chi connectivity index (χ3v) is 4.78. The van der Waals surface area contributed by atoms with E-state index in [9.17, 15) is 37.8 Å². The molecule has 35 heavy (non-hydrogen) atoms. The minimum Gasteiger partial charge on any atom is -0.507 e. The number of hydrogen-bond acceptors (Lipinski definition) is 5. The Morgan fingerprint density at radius 3 is 2.37 bits per heavy atom. The fourth-order valence-electron chi connectivity index (χ4n) is 3.07. The molecule has 2 aromatic carbocycles. The number of carboxylic acid groups (broad SMARTS) is 1. The van der Waals surface area contributed by atoms with Crippen LogP contribution in [0.1, 0.15) is 39.5 Å². The minimum atomic E-state index is -4.80. The number of nitrogens with zero attached hydrogens (tertiary/aromatic N) is 1. The monoisotopic (exact) mass is 515 g/mol. The third kappa shape index (κ3) is 7.78. The average molecular weight is 516 g/mol. The number of guanidine groups is 1. The number of aromatic hydroxyl groups is 1. The predicted octanol–water partition coefficient (Wildman–Crippen LogP) is 2.34. The molecule has 188 valence electrons. The highest BCUT2D eigenvalue weighted by Crippen LogP contribution is 2.34. The Morgan fingerprint density at radius 2 is 1.80 bits per heavy atom. The van der Waals surface area contributed by atoms with Gasteiger partial charge in [0.15, 0.2) is 5.96 Å². The molecule has 0 aliphatic rings. The molecule has 0 aromatic heterocycles. The first-order valence-electron chi connectivity index (χ1n) is 9.77. The van der Waals surface area contributed by atoms with Crippen LogP contribution in [-0.2, 0) is 15.8 Å². The molecule has 1 atom stereocenters. The van der Waals surface area contributed by atoms with Crippen LogP contribution in [0.4, 0.5) is 18.9 Å². The van der Waals surface area contributed by atoms with Gasteiger partial charge in [-0.2, -0.15) is 13.2 Å². The van der Waals surface area contributed by atoms with Gasteiger partial charge in [0.1, 0.15) is 5.75 Å². The van der Waals surface area contributed by atoms with Gasteiger partial charge in [-0.05, 0) is 42.8 Å². The summed E-state index contributed by atoms with van der Waals surface area (Å²) in [6.45, 7) is 0.805. The van der Waals surface area contributed by atoms with E-state index in [1.807, 2.05) is 0 Å². The molecule has 0 aliphatic heterocycles. The molecule has 14 heteroatoms. The van der Waals surface area contributed by atoms with Gasteiger partial charge >= 0.3 is 12.1 Å². The maximum Gasteiger partial charge on any atom is 0.416 e. The lowest BCUT2D eigenvalue weighted by atomic mass is 10.00. The number of aryl methyl sites for hydroxylation is 1. The van der Waals surface area contributed by atoms with E-state index in [2.05, 4.69) is 15.6 Å². The molecule has 0 aliphatic carbocycles. The van der Waals surface area contributed by atoms with Crippen LogP contribution in [-0.4, -0.2) is 40.5 Å². The summed E-state index contributed by atoms with van der Waals surface area (Å²) in [6.07, 6.45) is -5.43. The van der Waals surface area contributed by atoms with Crippen LogP contribution in [0, 0.1) is 6.92 Å². The Kier molecular flexibility index (Phi) is 8.52. The van der Waals surface area contributed by atoms with Crippen molar-refractivity contribution in [1.29, 1.82) is 0 Å². The van der Waals surface area contributed by atoms with E-state index in [0.717, 1.165) is 6.07 Å². The zero-order chi connectivity index (χ0) is 26.5. The first-order chi connectivity index (χ1) is 16.2. The van der Waals surface area contributed by atoms with Gasteiger partial charge in [-0.15, -0.1) is 0 Å². The molecule has 2 aromatic rings. The predicted molar refractivity (Wildman–Crippen MR) is 120 cm³/mol. The zero-order valence-electron chi connectivity index (χ0n) is 18.1. The van der Waals surface area contributed by atoms with Crippen LogP contribution in [0.2, 0.25) is 5.02 Å². The van der Waals surface area contributed by atoms with E-state index in [0.29, 0.717) is 17.7 Å². The number of nitrogens with two attached hydrogens (primary N) is 2. The lowest BCUT2D eigenvalue weighted by Gasteiger charge is -2.20. The van der Waals surface area contributed by atoms with Crippen LogP contribution >= 0.6 is 11.6 Å². The average Bonchev–Trinajstić information content (AvgIpc) is 2.72. The molecule has 0 radical (unpaired) electrons. The zero-order valence-corrected chi connectivity index (χ0v) is 18.9. The highest BCUT2D eigenvalue weighted by atomic mass is 35.5. The number of amides is 2. The van der Waals surface area contributed by atoms with Crippen molar-refractivity contribution in [2.24, 2.45) is 16.5 Å². The molecule has 2 rings (SSSR count). The molecule has 0 bridgehead atoms. The number of carbonyl (C=O) groups is 3. The Labute approximate surface area is 201 Å². The minimum absolute atomic E-state index is 0.0387. The van der Waals surface area contributed by atoms with E-state index >= 15 is 0 Å². The molecule has 0 spiro atoms. The summed E-state index contributed by atoms with van der Waals surface area (Å²) in [5, 5.41) is 24.1. The van der Waals surface area contributed by atoms with E-state index in [1.165, 1.54) is 19.1 Å². The maximum absolute atomic E-state index is 13.2. The quantitative estimate of drug-likeness (QED) is 0.230. The molecule has 0 saturated heterocycles. The summed E-state index contributed by atoms with van der Waals surface area (Å²) in [5.41, 5.74) is 8.76. The molecule has 1 unspecified atom stereocenters. The Balaban J connectivity index is 2.21. The molecule has 0 heterocycles. The molecule has 0 saturated carbocycles. The molecule has 0 fully saturated rings. The lowest BCUT2D eigenvalue weighted by Crippen LogP contribution is -2.39. The Morgan fingerprint density at radius 1 is 1.14 bits per heavy atom. The fraction of sp³-hybridized carbons (Fsp3) is 0.238. The van der Waals surface area contributed by atoms with Crippen LogP contribution in [0.15, 0.2) is 35.3 Å². The van der Waals surface area contributed by atoms with E-state index < -0.39 is 60.1 Å². The van der Waals surface area contributed by atoms with Crippen LogP contribution in [0.3, 0.4) is 0 Å². The van der Waals surface area contributed by atoms with Crippen molar-refractivity contribution < 1.29 is 37.8 Å². The Bertz CT molecular complexity index is 1180. The molecule has 8 N–H and O–H groups in total. The van der Waals surface area contributed by atoms with Crippen LogP contribution < -0.4 is 22.1 Å². The first-order valence-corrected chi connectivity index (χ1v) is 10.2. The maximum atomic E-state index is 13.2. The number of phenolic OH excluding ortho intramolecular Hbond substituents is 1. The van der Waals surface area contributed by atoms with Gasteiger partial charge < -0.3 is 32.3 Å². The van der Waals surface area contributed by atoms with Crippen LogP contribution in [0.25, 0.3) is 0 Å². The van der Waals surface area contributed by atoms with Crippen molar-refractivity contribution in [3.63, 3.8) is 0 Å². The van der Waals surface area contributed by atoms with Gasteiger partial charge in [0.2, 0.25) is 5.91 Å². The number of halogens is 4. The summed E-state index contributed by atoms with van der Waals surface area (Å²) in [6, 6.07) is 3.69. The number of alkyl halides is 3. The number of rotatable bonds is 8. The van der Waals surface area contributed by atoms with Crippen molar-refractivity contribution in [3.8, 4) is 5.75 Å². The highest BCUT2D eigenvalue weighted by Gasteiger charge is 2.32. The fourth-order valence-corrected chi connectivity index (χ4v) is 3.35. The number of carboxylic acids is 1. The van der Waals surface area contributed by atoms with E-state index in [-0.39, 0.29) is 22.0 Å². The van der Waals surface area contributed by atoms with Crippen molar-refractivity contribution in [1.82, 2.24) is 10.6 Å². The van der Waals surface area contributed by atoms with Gasteiger partial charge in [0.25, 0.3) is 5.91 Å². The molecule has 10 nitrogen and oxygen atoms in total. The van der Waals surface area contributed by atoms with Crippen molar-refractivity contribution in [2.45, 2.75) is 25.6 Å². The topological polar surface area (TPSA) is 180 Å². The summed E-state index contributed by atoms with van der Waals surface area (Å²) in [7, 11) is 0. The third-order valence-electron chi connectivity index (χ3n) is 4.56. The largest absolute Gasteiger partial charge is 0.507 e. The lowest BCUT2D eigenvalue weighted by molar-refractivity contribution is -0.138. The number of aliphatic imine (C=N–C) groups is 1. The Hall–Kier alpha value is -4.00. The number of aliphatic carboxylic acids is 1. The van der Waals surface area contributed by atoms with Crippen molar-refractivity contribution in [2.75, 3.05) is 6.54 Å². The second-order valence-electron chi connectivity index (χ2n) is 7.36. The van der Waals surface area contributed by atoms with E-state index in [4.69, 9.17) is 23.1 Å². The van der Waals surface area contributed by atoms with E-state index in [1.54, 1.807) is 0 Å². The smallest absolute Gasteiger partial charge is 0.416 e. The van der Waals surface area contributed by atoms with Crippen molar-refractivity contribution in [3.05, 3.63) is 57.6 Å². The SMILES string of the molecule is Cc1cc(Cl)cc(C(CC(=O)O)NC(=O)CNC(=O)c2cc(N=C(N)N)cc(C(F)(F)F)c2)c1O. The molecular weight excluding hydrogens is 495 g/mol. The standard InChI is InChI=1S/C21H21ClF3N5O5/c1-9-2-12(22)6-14(18(9)34)15(7-17(32)33)30-16(31)8-28-19(35)10-3-11(21(23,24)25)5-13(4-10)29-20(26)27/h2-6,15,34H,7-8H2,1H3,(H,28,35)(H,30,31)(H,32,33)(H4,26,27,29). The molecular formula is C21H21ClF3N5O5. The summed E-state index contributed by atoms with van der Waals surface area (Å²) in [5.74, 6) is -4.03.